The van der Waals surface area contributed by atoms with E-state index >= 15 is 0 Å². The highest BCUT2D eigenvalue weighted by molar-refractivity contribution is 7.92. The highest BCUT2D eigenvalue weighted by Crippen LogP contribution is 2.39. The van der Waals surface area contributed by atoms with Gasteiger partial charge in [-0.3, -0.25) is 14.4 Å². The SMILES string of the molecule is Cc1cc(Nc2ncc(Cl)c(Nc3ccccc3S(=O)(=O)C(C)C)n2)c(OC(C)C)cc1C1CCN(CCOCCOCC(=O)N[C@H](C(=O)N2C[C@H](O)C[C@H]2C(=O)NCc2ccc(-c3scnc3C)cc2)C(C)(C)C)CC1. The van der Waals surface area contributed by atoms with E-state index in [0.29, 0.717) is 29.6 Å². The lowest BCUT2D eigenvalue weighted by molar-refractivity contribution is -0.144. The molecule has 2 fully saturated rings. The van der Waals surface area contributed by atoms with Crippen molar-refractivity contribution in [1.29, 1.82) is 0 Å². The van der Waals surface area contributed by atoms with Gasteiger partial charge in [0.15, 0.2) is 15.7 Å². The number of ether oxygens (including phenoxy) is 3. The van der Waals surface area contributed by atoms with Crippen molar-refractivity contribution in [3.8, 4) is 16.2 Å². The summed E-state index contributed by atoms with van der Waals surface area (Å²) in [6, 6.07) is 16.8. The molecular weight excluding hydrogens is 1040 g/mol. The summed E-state index contributed by atoms with van der Waals surface area (Å²) in [6.07, 6.45) is 2.47. The Morgan fingerprint density at radius 3 is 2.31 bits per heavy atom. The van der Waals surface area contributed by atoms with E-state index in [9.17, 15) is 27.9 Å². The number of amides is 3. The van der Waals surface area contributed by atoms with Crippen LogP contribution < -0.4 is 26.0 Å². The Hall–Kier alpha value is -5.74. The molecule has 0 aliphatic carbocycles. The van der Waals surface area contributed by atoms with Crippen molar-refractivity contribution in [3.05, 3.63) is 99.8 Å². The summed E-state index contributed by atoms with van der Waals surface area (Å²) in [7, 11) is -3.59. The number of sulfone groups is 1. The Morgan fingerprint density at radius 2 is 1.64 bits per heavy atom. The number of thiazole rings is 1. The molecule has 18 nitrogen and oxygen atoms in total. The average molecular weight is 1120 g/mol. The first-order chi connectivity index (χ1) is 36.6. The Balaban J connectivity index is 0.838. The molecule has 0 bridgehead atoms. The van der Waals surface area contributed by atoms with Crippen LogP contribution in [0, 0.1) is 19.3 Å². The molecule has 2 aliphatic rings. The normalized spacial score (nSPS) is 16.9. The van der Waals surface area contributed by atoms with Gasteiger partial charge in [-0.15, -0.1) is 11.3 Å². The standard InChI is InChI=1S/C56H74ClN9O9S2/c1-34(2)75-47-28-42(36(5)26-45(47)62-55-59-30-43(57)52(64-55)61-44-12-10-11-13-48(44)77(71,72)35(3)4)39-18-20-65(21-19-39)22-23-73-24-25-74-32-49(68)63-51(56(7,8)9)54(70)66-31-41(67)27-46(66)53(69)58-29-38-14-16-40(17-15-38)50-37(6)60-33-76-50/h10-17,26,28,30,33-35,39,41,46,51,67H,18-25,27,29,31-32H2,1-9H3,(H,58,69)(H,63,68)(H2,59,61,62,64)/t41-,46+,51-/m1/s1. The number of hydrogen-bond acceptors (Lipinski definition) is 16. The van der Waals surface area contributed by atoms with Crippen molar-refractivity contribution in [2.75, 3.05) is 63.2 Å². The summed E-state index contributed by atoms with van der Waals surface area (Å²) in [4.78, 5) is 59.1. The minimum Gasteiger partial charge on any atom is -0.489 e. The third kappa shape index (κ3) is 15.5. The van der Waals surface area contributed by atoms with Gasteiger partial charge in [-0.1, -0.05) is 68.8 Å². The van der Waals surface area contributed by atoms with Gasteiger partial charge in [0, 0.05) is 26.1 Å². The van der Waals surface area contributed by atoms with Crippen LogP contribution in [0.25, 0.3) is 10.4 Å². The van der Waals surface area contributed by atoms with Gasteiger partial charge in [0.05, 0.1) is 75.8 Å². The maximum atomic E-state index is 14.1. The number of nitrogens with one attached hydrogen (secondary N) is 4. The van der Waals surface area contributed by atoms with Gasteiger partial charge in [0.1, 0.15) is 29.5 Å². The van der Waals surface area contributed by atoms with Gasteiger partial charge in [-0.25, -0.2) is 18.4 Å². The Labute approximate surface area is 462 Å². The predicted octanol–water partition coefficient (Wildman–Crippen LogP) is 8.35. The van der Waals surface area contributed by atoms with Crippen molar-refractivity contribution in [2.45, 2.75) is 128 Å². The molecule has 3 amide bonds. The molecule has 5 N–H and O–H groups in total. The van der Waals surface area contributed by atoms with Gasteiger partial charge >= 0.3 is 0 Å². The van der Waals surface area contributed by atoms with Gasteiger partial charge in [-0.05, 0) is 125 Å². The molecule has 7 rings (SSSR count). The summed E-state index contributed by atoms with van der Waals surface area (Å²) in [5.74, 6) is 0.197. The zero-order chi connectivity index (χ0) is 55.6. The van der Waals surface area contributed by atoms with Crippen LogP contribution >= 0.6 is 22.9 Å². The smallest absolute Gasteiger partial charge is 0.246 e. The van der Waals surface area contributed by atoms with Gasteiger partial charge in [0.2, 0.25) is 23.7 Å². The van der Waals surface area contributed by atoms with Crippen LogP contribution in [0.15, 0.2) is 77.3 Å². The van der Waals surface area contributed by atoms with Crippen LogP contribution in [-0.4, -0.2) is 138 Å². The van der Waals surface area contributed by atoms with Crippen molar-refractivity contribution < 1.29 is 42.1 Å². The summed E-state index contributed by atoms with van der Waals surface area (Å²) in [5.41, 5.74) is 7.36. The Morgan fingerprint density at radius 1 is 0.922 bits per heavy atom. The highest BCUT2D eigenvalue weighted by atomic mass is 35.5. The van der Waals surface area contributed by atoms with E-state index < -0.39 is 50.5 Å². The van der Waals surface area contributed by atoms with Crippen LogP contribution in [0.4, 0.5) is 23.1 Å². The van der Waals surface area contributed by atoms with Crippen LogP contribution in [0.3, 0.4) is 0 Å². The molecule has 3 atom stereocenters. The number of carbonyl (C=O) groups excluding carboxylic acids is 3. The number of benzene rings is 3. The molecular formula is C56H74ClN9O9S2. The van der Waals surface area contributed by atoms with E-state index in [-0.39, 0.29) is 73.0 Å². The van der Waals surface area contributed by atoms with E-state index in [1.165, 1.54) is 16.7 Å². The number of aliphatic hydroxyl groups excluding tert-OH is 1. The maximum absolute atomic E-state index is 14.1. The zero-order valence-electron chi connectivity index (χ0n) is 45.5. The lowest BCUT2D eigenvalue weighted by Crippen LogP contribution is -2.58. The van der Waals surface area contributed by atoms with Crippen molar-refractivity contribution >= 4 is 73.6 Å². The number of carbonyl (C=O) groups is 3. The number of aromatic nitrogens is 3. The van der Waals surface area contributed by atoms with E-state index in [1.807, 2.05) is 77.4 Å². The third-order valence-electron chi connectivity index (χ3n) is 13.7. The molecule has 0 radical (unpaired) electrons. The van der Waals surface area contributed by atoms with Crippen LogP contribution in [-0.2, 0) is 40.2 Å². The first kappa shape index (κ1) is 58.9. The average Bonchev–Trinajstić information content (AvgIpc) is 4.01. The van der Waals surface area contributed by atoms with Gasteiger partial charge in [-0.2, -0.15) is 4.98 Å². The van der Waals surface area contributed by atoms with Crippen LogP contribution in [0.2, 0.25) is 5.02 Å². The molecule has 2 aliphatic heterocycles. The number of aliphatic hydroxyl groups is 1. The molecule has 21 heteroatoms. The van der Waals surface area contributed by atoms with Crippen LogP contribution in [0.1, 0.15) is 96.0 Å². The fourth-order valence-electron chi connectivity index (χ4n) is 9.46. The van der Waals surface area contributed by atoms with Gasteiger partial charge in [0.25, 0.3) is 0 Å². The number of likely N-dealkylation sites (tertiary alicyclic amines) is 2. The fourth-order valence-corrected chi connectivity index (χ4v) is 11.6. The number of aryl methyl sites for hydroxylation is 2. The molecule has 2 aromatic heterocycles. The van der Waals surface area contributed by atoms with Crippen molar-refractivity contribution in [1.82, 2.24) is 35.4 Å². The molecule has 0 spiro atoms. The number of anilines is 4. The van der Waals surface area contributed by atoms with E-state index in [1.54, 1.807) is 49.4 Å². The van der Waals surface area contributed by atoms with Crippen molar-refractivity contribution in [2.24, 2.45) is 5.41 Å². The molecule has 2 saturated heterocycles. The lowest BCUT2D eigenvalue weighted by Gasteiger charge is -2.35. The molecule has 0 unspecified atom stereocenters. The topological polar surface area (TPSA) is 227 Å². The Kier molecular flexibility index (Phi) is 20.1. The molecule has 5 aromatic rings. The molecule has 0 saturated carbocycles. The summed E-state index contributed by atoms with van der Waals surface area (Å²) < 4.78 is 44.2. The number of β-amino-alcohol motifs (C(OH)–C–C–N with tert-alkyl or cyclic N) is 1. The predicted molar refractivity (Wildman–Crippen MR) is 301 cm³/mol. The van der Waals surface area contributed by atoms with E-state index in [2.05, 4.69) is 54.1 Å². The fraction of sp³-hybridized carbons (Fsp3) is 0.500. The number of para-hydroxylation sites is 1. The number of rotatable bonds is 23. The van der Waals surface area contributed by atoms with E-state index in [0.717, 1.165) is 59.7 Å². The third-order valence-corrected chi connectivity index (χ3v) is 17.1. The second-order valence-corrected chi connectivity index (χ2v) is 25.1. The largest absolute Gasteiger partial charge is 0.489 e. The first-order valence-electron chi connectivity index (χ1n) is 26.2. The van der Waals surface area contributed by atoms with Crippen LogP contribution in [0.5, 0.6) is 5.75 Å². The van der Waals surface area contributed by atoms with E-state index in [4.69, 9.17) is 25.8 Å². The summed E-state index contributed by atoms with van der Waals surface area (Å²) in [6.45, 7) is 20.2. The zero-order valence-corrected chi connectivity index (χ0v) is 47.9. The van der Waals surface area contributed by atoms with Crippen molar-refractivity contribution in [3.63, 3.8) is 0 Å². The number of piperidine rings is 1. The quantitative estimate of drug-likeness (QED) is 0.0388. The highest BCUT2D eigenvalue weighted by Gasteiger charge is 2.44. The first-order valence-corrected chi connectivity index (χ1v) is 29.0. The monoisotopic (exact) mass is 1120 g/mol. The number of hydrogen-bond donors (Lipinski definition) is 5. The second kappa shape index (κ2) is 26.3. The molecule has 77 heavy (non-hydrogen) atoms. The second-order valence-electron chi connectivity index (χ2n) is 21.3. The minimum absolute atomic E-state index is 0.0190. The summed E-state index contributed by atoms with van der Waals surface area (Å²) >= 11 is 8.10. The number of nitrogens with zero attached hydrogens (tertiary/aromatic N) is 5. The Bertz CT molecular complexity index is 2940. The molecule has 3 aromatic carbocycles. The molecule has 416 valence electrons. The lowest BCUT2D eigenvalue weighted by atomic mass is 9.85. The molecule has 4 heterocycles. The maximum Gasteiger partial charge on any atom is 0.246 e. The van der Waals surface area contributed by atoms with Gasteiger partial charge < -0.3 is 50.4 Å². The summed E-state index contributed by atoms with van der Waals surface area (Å²) in [5, 5.41) is 22.4. The number of halogens is 1. The minimum atomic E-state index is -3.59.